The van der Waals surface area contributed by atoms with E-state index < -0.39 is 6.04 Å². The molecule has 90 valence electrons. The van der Waals surface area contributed by atoms with Crippen LogP contribution in [0.15, 0.2) is 0 Å². The van der Waals surface area contributed by atoms with Crippen molar-refractivity contribution in [1.82, 2.24) is 10.2 Å². The summed E-state index contributed by atoms with van der Waals surface area (Å²) in [5.41, 5.74) is 0. The number of nitrogens with one attached hydrogen (secondary N) is 1. The van der Waals surface area contributed by atoms with Gasteiger partial charge in [0.15, 0.2) is 0 Å². The second-order valence-corrected chi connectivity index (χ2v) is 4.05. The van der Waals surface area contributed by atoms with E-state index in [2.05, 4.69) is 17.9 Å². The van der Waals surface area contributed by atoms with Crippen molar-refractivity contribution in [3.05, 3.63) is 0 Å². The van der Waals surface area contributed by atoms with Crippen LogP contribution in [0.4, 0.5) is 0 Å². The third-order valence-corrected chi connectivity index (χ3v) is 2.37. The van der Waals surface area contributed by atoms with E-state index in [9.17, 15) is 9.59 Å². The number of nitrogens with zero attached hydrogens (tertiary/aromatic N) is 2. The van der Waals surface area contributed by atoms with E-state index in [0.717, 1.165) is 0 Å². The number of carbonyl (C=O) groups is 2. The number of likely N-dealkylation sites (N-methyl/N-ethyl adjacent to an activating group) is 1. The highest BCUT2D eigenvalue weighted by atomic mass is 32.1. The van der Waals surface area contributed by atoms with E-state index in [1.54, 1.807) is 14.0 Å². The third-order valence-electron chi connectivity index (χ3n) is 2.00. The van der Waals surface area contributed by atoms with Crippen LogP contribution in [-0.4, -0.2) is 42.1 Å². The van der Waals surface area contributed by atoms with E-state index in [1.807, 2.05) is 6.07 Å². The molecule has 0 spiro atoms. The van der Waals surface area contributed by atoms with E-state index >= 15 is 0 Å². The molecular weight excluding hydrogens is 226 g/mol. The van der Waals surface area contributed by atoms with Gasteiger partial charge in [0.05, 0.1) is 12.0 Å². The van der Waals surface area contributed by atoms with Gasteiger partial charge in [0.1, 0.15) is 6.04 Å². The van der Waals surface area contributed by atoms with Gasteiger partial charge in [-0.2, -0.15) is 17.9 Å². The first-order valence-electron chi connectivity index (χ1n) is 4.95. The molecule has 2 unspecified atom stereocenters. The van der Waals surface area contributed by atoms with Gasteiger partial charge in [0.2, 0.25) is 11.8 Å². The number of hydrogen-bond donors (Lipinski definition) is 2. The standard InChI is InChI=1S/C10H17N3O2S/c1-7(4-11)5-13(3)10(15)9(6-16)12-8(2)14/h7,9,16H,5-6H2,1-3H3,(H,12,14). The molecule has 0 aliphatic heterocycles. The van der Waals surface area contributed by atoms with Gasteiger partial charge in [-0.25, -0.2) is 0 Å². The van der Waals surface area contributed by atoms with Gasteiger partial charge in [-0.05, 0) is 6.92 Å². The Morgan fingerprint density at radius 1 is 1.56 bits per heavy atom. The molecule has 5 nitrogen and oxygen atoms in total. The van der Waals surface area contributed by atoms with Crippen LogP contribution < -0.4 is 5.32 Å². The number of amides is 2. The smallest absolute Gasteiger partial charge is 0.245 e. The second kappa shape index (κ2) is 7.12. The van der Waals surface area contributed by atoms with Crippen molar-refractivity contribution in [3.8, 4) is 6.07 Å². The lowest BCUT2D eigenvalue weighted by molar-refractivity contribution is -0.134. The van der Waals surface area contributed by atoms with Crippen LogP contribution >= 0.6 is 12.6 Å². The Labute approximate surface area is 101 Å². The molecule has 0 saturated carbocycles. The van der Waals surface area contributed by atoms with Crippen LogP contribution in [0.25, 0.3) is 0 Å². The summed E-state index contributed by atoms with van der Waals surface area (Å²) in [5.74, 6) is -0.489. The summed E-state index contributed by atoms with van der Waals surface area (Å²) < 4.78 is 0. The highest BCUT2D eigenvalue weighted by Crippen LogP contribution is 2.00. The van der Waals surface area contributed by atoms with Crippen molar-refractivity contribution in [2.45, 2.75) is 19.9 Å². The summed E-state index contributed by atoms with van der Waals surface area (Å²) in [6.07, 6.45) is 0. The van der Waals surface area contributed by atoms with Gasteiger partial charge >= 0.3 is 0 Å². The molecule has 0 bridgehead atoms. The van der Waals surface area contributed by atoms with Gasteiger partial charge in [0, 0.05) is 26.3 Å². The summed E-state index contributed by atoms with van der Waals surface area (Å²) in [5, 5.41) is 11.1. The Hall–Kier alpha value is -1.22. The molecule has 0 heterocycles. The fourth-order valence-corrected chi connectivity index (χ4v) is 1.49. The monoisotopic (exact) mass is 243 g/mol. The number of hydrogen-bond acceptors (Lipinski definition) is 4. The SMILES string of the molecule is CC(=O)NC(CS)C(=O)N(C)CC(C)C#N. The van der Waals surface area contributed by atoms with Crippen molar-refractivity contribution in [2.75, 3.05) is 19.3 Å². The lowest BCUT2D eigenvalue weighted by Crippen LogP contribution is -2.48. The maximum absolute atomic E-state index is 11.8. The fraction of sp³-hybridized carbons (Fsp3) is 0.700. The molecule has 0 saturated heterocycles. The predicted octanol–water partition coefficient (Wildman–Crippen LogP) is 0.0390. The Morgan fingerprint density at radius 3 is 2.50 bits per heavy atom. The van der Waals surface area contributed by atoms with Crippen LogP contribution in [0.5, 0.6) is 0 Å². The van der Waals surface area contributed by atoms with E-state index in [-0.39, 0.29) is 23.5 Å². The fourth-order valence-electron chi connectivity index (χ4n) is 1.24. The molecular formula is C10H17N3O2S. The molecule has 0 aliphatic carbocycles. The molecule has 1 N–H and O–H groups in total. The minimum absolute atomic E-state index is 0.229. The molecule has 0 aromatic carbocycles. The number of nitriles is 1. The summed E-state index contributed by atoms with van der Waals surface area (Å²) in [6, 6.07) is 1.42. The molecule has 16 heavy (non-hydrogen) atoms. The molecule has 0 rings (SSSR count). The molecule has 6 heteroatoms. The Kier molecular flexibility index (Phi) is 6.58. The van der Waals surface area contributed by atoms with E-state index in [1.165, 1.54) is 11.8 Å². The van der Waals surface area contributed by atoms with Gasteiger partial charge < -0.3 is 10.2 Å². The van der Waals surface area contributed by atoms with Crippen LogP contribution in [0.3, 0.4) is 0 Å². The minimum Gasteiger partial charge on any atom is -0.344 e. The molecule has 0 aromatic heterocycles. The first-order chi connectivity index (χ1) is 7.42. The van der Waals surface area contributed by atoms with E-state index in [4.69, 9.17) is 5.26 Å². The Morgan fingerprint density at radius 2 is 2.12 bits per heavy atom. The number of thiol groups is 1. The van der Waals surface area contributed by atoms with Gasteiger partial charge in [0.25, 0.3) is 0 Å². The average Bonchev–Trinajstić information content (AvgIpc) is 2.24. The molecule has 0 radical (unpaired) electrons. The maximum atomic E-state index is 11.8. The van der Waals surface area contributed by atoms with Crippen LogP contribution in [-0.2, 0) is 9.59 Å². The van der Waals surface area contributed by atoms with Crippen molar-refractivity contribution in [1.29, 1.82) is 5.26 Å². The molecule has 2 amide bonds. The normalized spacial score (nSPS) is 13.4. The zero-order valence-corrected chi connectivity index (χ0v) is 10.6. The molecule has 0 fully saturated rings. The average molecular weight is 243 g/mol. The lowest BCUT2D eigenvalue weighted by atomic mass is 10.2. The van der Waals surface area contributed by atoms with Gasteiger partial charge in [-0.15, -0.1) is 0 Å². The van der Waals surface area contributed by atoms with Gasteiger partial charge in [-0.3, -0.25) is 9.59 Å². The maximum Gasteiger partial charge on any atom is 0.245 e. The van der Waals surface area contributed by atoms with Crippen LogP contribution in [0, 0.1) is 17.2 Å². The molecule has 0 aliphatic rings. The highest BCUT2D eigenvalue weighted by Gasteiger charge is 2.22. The lowest BCUT2D eigenvalue weighted by Gasteiger charge is -2.23. The predicted molar refractivity (Wildman–Crippen MR) is 63.9 cm³/mol. The first kappa shape index (κ1) is 14.8. The molecule has 2 atom stereocenters. The second-order valence-electron chi connectivity index (χ2n) is 3.68. The summed E-state index contributed by atoms with van der Waals surface area (Å²) >= 11 is 4.01. The van der Waals surface area contributed by atoms with Crippen molar-refractivity contribution in [3.63, 3.8) is 0 Å². The zero-order chi connectivity index (χ0) is 12.7. The highest BCUT2D eigenvalue weighted by molar-refractivity contribution is 7.80. The minimum atomic E-state index is -0.628. The summed E-state index contributed by atoms with van der Waals surface area (Å²) in [4.78, 5) is 24.1. The quantitative estimate of drug-likeness (QED) is 0.670. The first-order valence-corrected chi connectivity index (χ1v) is 5.58. The topological polar surface area (TPSA) is 73.2 Å². The van der Waals surface area contributed by atoms with Gasteiger partial charge in [-0.1, -0.05) is 0 Å². The van der Waals surface area contributed by atoms with Crippen LogP contribution in [0.2, 0.25) is 0 Å². The summed E-state index contributed by atoms with van der Waals surface area (Å²) in [6.45, 7) is 3.43. The Balaban J connectivity index is 4.39. The number of carbonyl (C=O) groups excluding carboxylic acids is 2. The number of rotatable bonds is 5. The van der Waals surface area contributed by atoms with Crippen molar-refractivity contribution >= 4 is 24.4 Å². The van der Waals surface area contributed by atoms with E-state index in [0.29, 0.717) is 6.54 Å². The largest absolute Gasteiger partial charge is 0.344 e. The van der Waals surface area contributed by atoms with Crippen molar-refractivity contribution in [2.24, 2.45) is 5.92 Å². The summed E-state index contributed by atoms with van der Waals surface area (Å²) in [7, 11) is 1.61. The molecule has 0 aromatic rings. The third kappa shape index (κ3) is 5.03. The zero-order valence-electron chi connectivity index (χ0n) is 9.73. The van der Waals surface area contributed by atoms with Crippen molar-refractivity contribution < 1.29 is 9.59 Å². The van der Waals surface area contributed by atoms with Crippen LogP contribution in [0.1, 0.15) is 13.8 Å². The Bertz CT molecular complexity index is 301.